The molecule has 0 aromatic carbocycles. The van der Waals surface area contributed by atoms with E-state index in [4.69, 9.17) is 18.0 Å². The van der Waals surface area contributed by atoms with E-state index in [0.29, 0.717) is 17.4 Å². The number of hydrogen-bond donors (Lipinski definition) is 2. The lowest BCUT2D eigenvalue weighted by atomic mass is 10.1. The molecule has 0 aliphatic heterocycles. The van der Waals surface area contributed by atoms with Gasteiger partial charge in [0.05, 0.1) is 12.1 Å². The fourth-order valence-electron chi connectivity index (χ4n) is 1.72. The van der Waals surface area contributed by atoms with Gasteiger partial charge in [0.25, 0.3) is 0 Å². The van der Waals surface area contributed by atoms with Crippen LogP contribution >= 0.6 is 12.2 Å². The number of pyridine rings is 1. The van der Waals surface area contributed by atoms with Crippen LogP contribution in [0.1, 0.15) is 22.8 Å². The standard InChI is InChI=1S/C11H13N5OS/c1-6-3-8(10(11(12)18)7(2)15-6)13-4-9-14-5-17-16-9/h3,5H,4H2,1-2H3,(H2,12,18)(H,13,15). The fraction of sp³-hybridized carbons (Fsp3) is 0.273. The third-order valence-corrected chi connectivity index (χ3v) is 2.62. The first-order valence-electron chi connectivity index (χ1n) is 5.35. The van der Waals surface area contributed by atoms with Crippen LogP contribution in [0.2, 0.25) is 0 Å². The topological polar surface area (TPSA) is 89.9 Å². The minimum Gasteiger partial charge on any atom is -0.389 e. The maximum absolute atomic E-state index is 5.72. The molecule has 0 aliphatic rings. The lowest BCUT2D eigenvalue weighted by Crippen LogP contribution is -2.16. The van der Waals surface area contributed by atoms with Crippen LogP contribution in [0, 0.1) is 13.8 Å². The Morgan fingerprint density at radius 3 is 2.89 bits per heavy atom. The first-order valence-corrected chi connectivity index (χ1v) is 5.76. The number of thiocarbonyl (C=S) groups is 1. The summed E-state index contributed by atoms with van der Waals surface area (Å²) >= 11 is 5.04. The summed E-state index contributed by atoms with van der Waals surface area (Å²) in [6.07, 6.45) is 1.29. The number of aryl methyl sites for hydroxylation is 2. The smallest absolute Gasteiger partial charge is 0.213 e. The van der Waals surface area contributed by atoms with Crippen LogP contribution < -0.4 is 11.1 Å². The Morgan fingerprint density at radius 2 is 2.28 bits per heavy atom. The van der Waals surface area contributed by atoms with Gasteiger partial charge >= 0.3 is 0 Å². The first kappa shape index (κ1) is 12.4. The van der Waals surface area contributed by atoms with E-state index in [1.54, 1.807) is 0 Å². The lowest BCUT2D eigenvalue weighted by molar-refractivity contribution is 0.411. The summed E-state index contributed by atoms with van der Waals surface area (Å²) in [7, 11) is 0. The van der Waals surface area contributed by atoms with Crippen LogP contribution in [0.25, 0.3) is 0 Å². The highest BCUT2D eigenvalue weighted by molar-refractivity contribution is 7.80. The molecule has 18 heavy (non-hydrogen) atoms. The molecule has 2 rings (SSSR count). The number of nitrogens with two attached hydrogens (primary N) is 1. The zero-order chi connectivity index (χ0) is 13.1. The number of nitrogens with one attached hydrogen (secondary N) is 1. The largest absolute Gasteiger partial charge is 0.389 e. The second kappa shape index (κ2) is 5.09. The molecule has 94 valence electrons. The second-order valence-electron chi connectivity index (χ2n) is 3.84. The van der Waals surface area contributed by atoms with Gasteiger partial charge in [-0.05, 0) is 19.9 Å². The van der Waals surface area contributed by atoms with Gasteiger partial charge in [0.2, 0.25) is 6.39 Å². The second-order valence-corrected chi connectivity index (χ2v) is 4.28. The van der Waals surface area contributed by atoms with Crippen molar-refractivity contribution in [1.82, 2.24) is 15.1 Å². The average molecular weight is 263 g/mol. The molecule has 0 saturated carbocycles. The van der Waals surface area contributed by atoms with Crippen LogP contribution in [0.3, 0.4) is 0 Å². The van der Waals surface area contributed by atoms with Gasteiger partial charge in [-0.15, -0.1) is 0 Å². The van der Waals surface area contributed by atoms with Gasteiger partial charge in [-0.2, -0.15) is 4.98 Å². The van der Waals surface area contributed by atoms with Gasteiger partial charge < -0.3 is 15.6 Å². The molecule has 0 amide bonds. The summed E-state index contributed by atoms with van der Waals surface area (Å²) in [6, 6.07) is 1.89. The highest BCUT2D eigenvalue weighted by Crippen LogP contribution is 2.20. The Morgan fingerprint density at radius 1 is 1.50 bits per heavy atom. The fourth-order valence-corrected chi connectivity index (χ4v) is 1.98. The zero-order valence-corrected chi connectivity index (χ0v) is 10.9. The van der Waals surface area contributed by atoms with Gasteiger partial charge in [0.1, 0.15) is 4.99 Å². The predicted octanol–water partition coefficient (Wildman–Crippen LogP) is 1.33. The van der Waals surface area contributed by atoms with Gasteiger partial charge in [0.15, 0.2) is 5.82 Å². The molecule has 0 atom stereocenters. The van der Waals surface area contributed by atoms with E-state index in [1.165, 1.54) is 6.39 Å². The number of nitrogens with zero attached hydrogens (tertiary/aromatic N) is 3. The van der Waals surface area contributed by atoms with Crippen molar-refractivity contribution in [2.24, 2.45) is 5.73 Å². The van der Waals surface area contributed by atoms with E-state index in [-0.39, 0.29) is 0 Å². The molecule has 2 aromatic rings. The summed E-state index contributed by atoms with van der Waals surface area (Å²) in [6.45, 7) is 4.23. The molecule has 6 nitrogen and oxygen atoms in total. The maximum atomic E-state index is 5.72. The van der Waals surface area contributed by atoms with Crippen molar-refractivity contribution in [2.75, 3.05) is 5.32 Å². The minimum absolute atomic E-state index is 0.315. The Balaban J connectivity index is 2.28. The van der Waals surface area contributed by atoms with Gasteiger partial charge in [-0.1, -0.05) is 17.4 Å². The molecule has 0 radical (unpaired) electrons. The molecular weight excluding hydrogens is 250 g/mol. The van der Waals surface area contributed by atoms with E-state index in [9.17, 15) is 0 Å². The zero-order valence-electron chi connectivity index (χ0n) is 10.1. The highest BCUT2D eigenvalue weighted by atomic mass is 32.1. The molecule has 0 aliphatic carbocycles. The molecule has 0 saturated heterocycles. The van der Waals surface area contributed by atoms with Crippen molar-refractivity contribution in [3.05, 3.63) is 35.2 Å². The first-order chi connectivity index (χ1) is 8.58. The van der Waals surface area contributed by atoms with E-state index in [1.807, 2.05) is 19.9 Å². The molecule has 0 bridgehead atoms. The molecule has 2 heterocycles. The normalized spacial score (nSPS) is 10.3. The quantitative estimate of drug-likeness (QED) is 0.804. The Hall–Kier alpha value is -2.02. The summed E-state index contributed by atoms with van der Waals surface area (Å²) in [5.74, 6) is 0.566. The number of aromatic nitrogens is 3. The Bertz CT molecular complexity index is 567. The molecule has 3 N–H and O–H groups in total. The van der Waals surface area contributed by atoms with E-state index < -0.39 is 0 Å². The minimum atomic E-state index is 0.315. The summed E-state index contributed by atoms with van der Waals surface area (Å²) < 4.78 is 4.66. The third kappa shape index (κ3) is 2.62. The van der Waals surface area contributed by atoms with Crippen LogP contribution in [0.5, 0.6) is 0 Å². The SMILES string of the molecule is Cc1cc(NCc2ncon2)c(C(N)=S)c(C)n1. The van der Waals surface area contributed by atoms with Crippen LogP contribution in [0.4, 0.5) is 5.69 Å². The maximum Gasteiger partial charge on any atom is 0.213 e. The molecule has 0 spiro atoms. The summed E-state index contributed by atoms with van der Waals surface area (Å²) in [5, 5.41) is 6.91. The van der Waals surface area contributed by atoms with Crippen molar-refractivity contribution >= 4 is 22.9 Å². The molecule has 0 fully saturated rings. The predicted molar refractivity (Wildman–Crippen MR) is 71.2 cm³/mol. The van der Waals surface area contributed by atoms with Crippen molar-refractivity contribution in [3.63, 3.8) is 0 Å². The van der Waals surface area contributed by atoms with Crippen molar-refractivity contribution in [3.8, 4) is 0 Å². The van der Waals surface area contributed by atoms with E-state index in [2.05, 4.69) is 25.0 Å². The third-order valence-electron chi connectivity index (χ3n) is 2.42. The van der Waals surface area contributed by atoms with Crippen LogP contribution in [-0.4, -0.2) is 20.1 Å². The molecule has 2 aromatic heterocycles. The van der Waals surface area contributed by atoms with Crippen LogP contribution in [0.15, 0.2) is 17.0 Å². The molecular formula is C11H13N5OS. The number of rotatable bonds is 4. The van der Waals surface area contributed by atoms with Gasteiger partial charge in [-0.25, -0.2) is 0 Å². The van der Waals surface area contributed by atoms with Crippen molar-refractivity contribution in [1.29, 1.82) is 0 Å². The van der Waals surface area contributed by atoms with E-state index >= 15 is 0 Å². The van der Waals surface area contributed by atoms with Crippen molar-refractivity contribution < 1.29 is 4.52 Å². The summed E-state index contributed by atoms with van der Waals surface area (Å²) in [5.41, 5.74) is 8.99. The molecule has 7 heteroatoms. The Kier molecular flexibility index (Phi) is 3.52. The van der Waals surface area contributed by atoms with Gasteiger partial charge in [0, 0.05) is 17.1 Å². The Labute approximate surface area is 110 Å². The van der Waals surface area contributed by atoms with Crippen LogP contribution in [-0.2, 0) is 6.54 Å². The monoisotopic (exact) mass is 263 g/mol. The molecule has 0 unspecified atom stereocenters. The average Bonchev–Trinajstić information content (AvgIpc) is 2.77. The van der Waals surface area contributed by atoms with E-state index in [0.717, 1.165) is 22.6 Å². The van der Waals surface area contributed by atoms with Crippen molar-refractivity contribution in [2.45, 2.75) is 20.4 Å². The number of hydrogen-bond acceptors (Lipinski definition) is 6. The lowest BCUT2D eigenvalue weighted by Gasteiger charge is -2.13. The summed E-state index contributed by atoms with van der Waals surface area (Å²) in [4.78, 5) is 8.59. The van der Waals surface area contributed by atoms with Gasteiger partial charge in [-0.3, -0.25) is 4.98 Å². The highest BCUT2D eigenvalue weighted by Gasteiger charge is 2.11. The number of anilines is 1.